The van der Waals surface area contributed by atoms with Gasteiger partial charge in [-0.15, -0.1) is 10.2 Å². The fourth-order valence-electron chi connectivity index (χ4n) is 3.45. The molecule has 0 spiro atoms. The highest BCUT2D eigenvalue weighted by atomic mass is 35.5. The lowest BCUT2D eigenvalue weighted by molar-refractivity contribution is 0.0992. The van der Waals surface area contributed by atoms with Gasteiger partial charge in [-0.2, -0.15) is 0 Å². The first kappa shape index (κ1) is 27.4. The zero-order valence-electron chi connectivity index (χ0n) is 20.7. The summed E-state index contributed by atoms with van der Waals surface area (Å²) in [5.41, 5.74) is 2.26. The number of carbonyl (C=O) groups is 1. The quantitative estimate of drug-likeness (QED) is 0.235. The van der Waals surface area contributed by atoms with Gasteiger partial charge < -0.3 is 14.5 Å². The number of ether oxygens (including phenoxy) is 1. The highest BCUT2D eigenvalue weighted by Gasteiger charge is 2.17. The molecule has 2 aromatic heterocycles. The van der Waals surface area contributed by atoms with E-state index >= 15 is 0 Å². The van der Waals surface area contributed by atoms with Gasteiger partial charge in [0.1, 0.15) is 18.1 Å². The molecule has 0 aliphatic carbocycles. The van der Waals surface area contributed by atoms with E-state index in [1.807, 2.05) is 19.1 Å². The maximum Gasteiger partial charge on any atom is 0.291 e. The van der Waals surface area contributed by atoms with E-state index in [1.54, 1.807) is 12.1 Å². The Balaban J connectivity index is 1.38. The molecule has 12 heteroatoms. The summed E-state index contributed by atoms with van der Waals surface area (Å²) in [6, 6.07) is 15.4. The Labute approximate surface area is 230 Å². The summed E-state index contributed by atoms with van der Waals surface area (Å²) in [6.45, 7) is 6.14. The van der Waals surface area contributed by atoms with E-state index in [4.69, 9.17) is 32.4 Å². The molecule has 9 nitrogen and oxygen atoms in total. The molecule has 2 N–H and O–H groups in total. The summed E-state index contributed by atoms with van der Waals surface area (Å²) >= 11 is 11.9. The molecule has 4 rings (SSSR count). The van der Waals surface area contributed by atoms with Crippen LogP contribution in [0, 0.1) is 6.92 Å². The number of carbonyl (C=O) groups excluding carboxylic acids is 1. The Morgan fingerprint density at radius 3 is 2.42 bits per heavy atom. The predicted molar refractivity (Wildman–Crippen MR) is 146 cm³/mol. The summed E-state index contributed by atoms with van der Waals surface area (Å²) in [4.78, 5) is 12.6. The number of anilines is 2. The average Bonchev–Trinajstić information content (AvgIpc) is 3.35. The number of furan rings is 1. The molecule has 4 aromatic rings. The van der Waals surface area contributed by atoms with Crippen LogP contribution in [-0.2, 0) is 16.6 Å². The van der Waals surface area contributed by atoms with Gasteiger partial charge in [-0.1, -0.05) is 37.0 Å². The lowest BCUT2D eigenvalue weighted by Gasteiger charge is -2.15. The normalized spacial score (nSPS) is 11.4. The van der Waals surface area contributed by atoms with Crippen LogP contribution in [0.2, 0.25) is 10.2 Å². The Hall–Kier alpha value is -3.60. The number of hydrogen-bond donors (Lipinski definition) is 2. The number of aryl methyl sites for hydroxylation is 1. The van der Waals surface area contributed by atoms with Crippen LogP contribution in [0.15, 0.2) is 70.0 Å². The van der Waals surface area contributed by atoms with Crippen LogP contribution in [0.3, 0.4) is 0 Å². The van der Waals surface area contributed by atoms with Crippen molar-refractivity contribution in [3.05, 3.63) is 93.5 Å². The van der Waals surface area contributed by atoms with Crippen molar-refractivity contribution in [3.63, 3.8) is 0 Å². The lowest BCUT2D eigenvalue weighted by Crippen LogP contribution is -2.15. The lowest BCUT2D eigenvalue weighted by atomic mass is 10.0. The van der Waals surface area contributed by atoms with Crippen molar-refractivity contribution >= 4 is 50.6 Å². The van der Waals surface area contributed by atoms with Crippen LogP contribution in [0.4, 0.5) is 11.5 Å². The van der Waals surface area contributed by atoms with Gasteiger partial charge in [0, 0.05) is 10.7 Å². The number of rotatable bonds is 9. The number of amides is 1. The van der Waals surface area contributed by atoms with E-state index in [2.05, 4.69) is 34.1 Å². The second-order valence-electron chi connectivity index (χ2n) is 8.67. The van der Waals surface area contributed by atoms with Crippen LogP contribution in [0.5, 0.6) is 5.75 Å². The predicted octanol–water partition coefficient (Wildman–Crippen LogP) is 6.44. The van der Waals surface area contributed by atoms with Crippen molar-refractivity contribution in [3.8, 4) is 5.75 Å². The summed E-state index contributed by atoms with van der Waals surface area (Å²) in [5, 5.41) is 10.8. The molecule has 38 heavy (non-hydrogen) atoms. The topological polar surface area (TPSA) is 123 Å². The van der Waals surface area contributed by atoms with E-state index in [1.165, 1.54) is 36.4 Å². The minimum Gasteiger partial charge on any atom is -0.485 e. The molecular formula is C26H24Cl2N4O5S. The third-order valence-corrected chi connectivity index (χ3v) is 7.44. The highest BCUT2D eigenvalue weighted by Crippen LogP contribution is 2.32. The van der Waals surface area contributed by atoms with E-state index in [-0.39, 0.29) is 34.2 Å². The monoisotopic (exact) mass is 574 g/mol. The number of nitrogens with one attached hydrogen (secondary N) is 2. The van der Waals surface area contributed by atoms with Crippen molar-refractivity contribution < 1.29 is 22.4 Å². The van der Waals surface area contributed by atoms with Crippen LogP contribution < -0.4 is 14.8 Å². The zero-order chi connectivity index (χ0) is 27.4. The number of nitrogens with zero attached hydrogens (tertiary/aromatic N) is 2. The van der Waals surface area contributed by atoms with Gasteiger partial charge in [0.15, 0.2) is 16.7 Å². The zero-order valence-corrected chi connectivity index (χ0v) is 23.0. The molecule has 0 bridgehead atoms. The summed E-state index contributed by atoms with van der Waals surface area (Å²) in [5.74, 6) is 0.999. The first-order valence-electron chi connectivity index (χ1n) is 11.5. The molecule has 0 aliphatic rings. The van der Waals surface area contributed by atoms with Gasteiger partial charge in [-0.05, 0) is 84.6 Å². The van der Waals surface area contributed by atoms with Crippen molar-refractivity contribution in [2.75, 3.05) is 10.0 Å². The van der Waals surface area contributed by atoms with Crippen molar-refractivity contribution in [2.45, 2.75) is 38.2 Å². The molecular weight excluding hydrogens is 551 g/mol. The number of aromatic nitrogens is 2. The minimum atomic E-state index is -3.91. The minimum absolute atomic E-state index is 0.0241. The molecule has 0 saturated heterocycles. The van der Waals surface area contributed by atoms with E-state index in [0.29, 0.717) is 22.2 Å². The third kappa shape index (κ3) is 6.63. The molecule has 2 aromatic carbocycles. The molecule has 0 fully saturated rings. The third-order valence-electron chi connectivity index (χ3n) is 5.46. The Morgan fingerprint density at radius 1 is 1.03 bits per heavy atom. The van der Waals surface area contributed by atoms with Gasteiger partial charge in [0.05, 0.1) is 4.90 Å². The molecule has 0 radical (unpaired) electrons. The van der Waals surface area contributed by atoms with Crippen molar-refractivity contribution in [2.24, 2.45) is 0 Å². The van der Waals surface area contributed by atoms with Crippen LogP contribution in [-0.4, -0.2) is 24.5 Å². The van der Waals surface area contributed by atoms with Crippen LogP contribution >= 0.6 is 23.2 Å². The van der Waals surface area contributed by atoms with E-state index in [9.17, 15) is 13.2 Å². The number of halogens is 2. The SMILES string of the molecule is Cc1cc(OCc2ccc(C(=O)Nc3ccc(S(=O)(=O)Nc4ccc(Cl)nn4)cc3)o2)c(C(C)C)cc1Cl. The molecule has 198 valence electrons. The van der Waals surface area contributed by atoms with Gasteiger partial charge in [0.2, 0.25) is 0 Å². The van der Waals surface area contributed by atoms with E-state index in [0.717, 1.165) is 11.1 Å². The largest absolute Gasteiger partial charge is 0.485 e. The van der Waals surface area contributed by atoms with Gasteiger partial charge in [-0.25, -0.2) is 8.42 Å². The van der Waals surface area contributed by atoms with Crippen LogP contribution in [0.1, 0.15) is 47.2 Å². The Morgan fingerprint density at radius 2 is 1.76 bits per heavy atom. The Bertz CT molecular complexity index is 1550. The van der Waals surface area contributed by atoms with Crippen LogP contribution in [0.25, 0.3) is 0 Å². The van der Waals surface area contributed by atoms with Crippen molar-refractivity contribution in [1.29, 1.82) is 0 Å². The molecule has 0 unspecified atom stereocenters. The number of sulfonamides is 1. The summed E-state index contributed by atoms with van der Waals surface area (Å²) in [6.07, 6.45) is 0. The maximum atomic E-state index is 12.7. The second-order valence-corrected chi connectivity index (χ2v) is 11.2. The van der Waals surface area contributed by atoms with Crippen molar-refractivity contribution in [1.82, 2.24) is 10.2 Å². The first-order chi connectivity index (χ1) is 18.0. The molecule has 2 heterocycles. The van der Waals surface area contributed by atoms with Gasteiger partial charge in [0.25, 0.3) is 15.9 Å². The summed E-state index contributed by atoms with van der Waals surface area (Å²) < 4.78 is 39.1. The molecule has 0 saturated carbocycles. The molecule has 0 atom stereocenters. The fraction of sp³-hybridized carbons (Fsp3) is 0.192. The smallest absolute Gasteiger partial charge is 0.291 e. The molecule has 1 amide bonds. The van der Waals surface area contributed by atoms with Gasteiger partial charge >= 0.3 is 0 Å². The first-order valence-corrected chi connectivity index (χ1v) is 13.7. The van der Waals surface area contributed by atoms with Gasteiger partial charge in [-0.3, -0.25) is 9.52 Å². The standard InChI is InChI=1S/C26H24Cl2N4O5S/c1-15(2)20-13-21(27)16(3)12-23(20)36-14-18-6-9-22(37-18)26(33)29-17-4-7-19(8-5-17)38(34,35)32-25-11-10-24(28)30-31-25/h4-13,15H,14H2,1-3H3,(H,29,33)(H,31,32). The summed E-state index contributed by atoms with van der Waals surface area (Å²) in [7, 11) is -3.91. The number of benzene rings is 2. The average molecular weight is 575 g/mol. The highest BCUT2D eigenvalue weighted by molar-refractivity contribution is 7.92. The fourth-order valence-corrected chi connectivity index (χ4v) is 4.72. The molecule has 0 aliphatic heterocycles. The maximum absolute atomic E-state index is 12.7. The number of hydrogen-bond acceptors (Lipinski definition) is 7. The Kier molecular flexibility index (Phi) is 8.25. The van der Waals surface area contributed by atoms with E-state index < -0.39 is 15.9 Å². The second kappa shape index (κ2) is 11.4.